The van der Waals surface area contributed by atoms with Crippen LogP contribution in [0.3, 0.4) is 0 Å². The SMILES string of the molecule is COC1CCCN(C(C)CCc2nccc(C3CCCN(C(C)C)C3)n2)C1. The van der Waals surface area contributed by atoms with Gasteiger partial charge in [0.05, 0.1) is 6.10 Å². The van der Waals surface area contributed by atoms with E-state index in [0.29, 0.717) is 24.1 Å². The quantitative estimate of drug-likeness (QED) is 0.731. The predicted molar refractivity (Wildman–Crippen MR) is 110 cm³/mol. The monoisotopic (exact) mass is 374 g/mol. The van der Waals surface area contributed by atoms with Crippen LogP contribution in [-0.4, -0.2) is 71.2 Å². The summed E-state index contributed by atoms with van der Waals surface area (Å²) in [6.07, 6.45) is 9.40. The highest BCUT2D eigenvalue weighted by atomic mass is 16.5. The maximum atomic E-state index is 5.57. The van der Waals surface area contributed by atoms with Gasteiger partial charge in [-0.05, 0) is 72.0 Å². The van der Waals surface area contributed by atoms with E-state index in [1.807, 2.05) is 13.3 Å². The minimum Gasteiger partial charge on any atom is -0.380 e. The van der Waals surface area contributed by atoms with Gasteiger partial charge in [0.2, 0.25) is 0 Å². The Morgan fingerprint density at radius 3 is 2.67 bits per heavy atom. The van der Waals surface area contributed by atoms with E-state index in [4.69, 9.17) is 9.72 Å². The molecule has 0 aromatic carbocycles. The minimum absolute atomic E-state index is 0.399. The van der Waals surface area contributed by atoms with Gasteiger partial charge in [0, 0.05) is 56.5 Å². The summed E-state index contributed by atoms with van der Waals surface area (Å²) in [6.45, 7) is 11.5. The van der Waals surface area contributed by atoms with Gasteiger partial charge in [0.25, 0.3) is 0 Å². The summed E-state index contributed by atoms with van der Waals surface area (Å²) in [4.78, 5) is 14.7. The fraction of sp³-hybridized carbons (Fsp3) is 0.818. The third-order valence-electron chi connectivity index (χ3n) is 6.48. The molecule has 0 radical (unpaired) electrons. The van der Waals surface area contributed by atoms with Crippen molar-refractivity contribution in [1.29, 1.82) is 0 Å². The van der Waals surface area contributed by atoms with Gasteiger partial charge in [-0.2, -0.15) is 0 Å². The molecule has 3 unspecified atom stereocenters. The summed E-state index contributed by atoms with van der Waals surface area (Å²) in [5.74, 6) is 1.58. The molecule has 3 rings (SSSR count). The fourth-order valence-electron chi connectivity index (χ4n) is 4.56. The topological polar surface area (TPSA) is 41.5 Å². The smallest absolute Gasteiger partial charge is 0.128 e. The minimum atomic E-state index is 0.399. The Morgan fingerprint density at radius 2 is 1.89 bits per heavy atom. The molecule has 5 nitrogen and oxygen atoms in total. The van der Waals surface area contributed by atoms with Crippen LogP contribution in [0.4, 0.5) is 0 Å². The van der Waals surface area contributed by atoms with Crippen molar-refractivity contribution in [2.45, 2.75) is 83.4 Å². The van der Waals surface area contributed by atoms with Crippen molar-refractivity contribution >= 4 is 0 Å². The molecule has 0 N–H and O–H groups in total. The number of nitrogens with zero attached hydrogens (tertiary/aromatic N) is 4. The third kappa shape index (κ3) is 5.72. The summed E-state index contributed by atoms with van der Waals surface area (Å²) in [5, 5.41) is 0. The number of methoxy groups -OCH3 is 1. The average molecular weight is 375 g/mol. The van der Waals surface area contributed by atoms with Gasteiger partial charge in [0.15, 0.2) is 0 Å². The maximum absolute atomic E-state index is 5.57. The highest BCUT2D eigenvalue weighted by Gasteiger charge is 2.25. The Morgan fingerprint density at radius 1 is 1.11 bits per heavy atom. The van der Waals surface area contributed by atoms with Gasteiger partial charge < -0.3 is 9.64 Å². The normalized spacial score (nSPS) is 26.4. The van der Waals surface area contributed by atoms with Gasteiger partial charge in [-0.1, -0.05) is 0 Å². The molecule has 2 aliphatic heterocycles. The first-order chi connectivity index (χ1) is 13.1. The molecule has 152 valence electrons. The first-order valence-corrected chi connectivity index (χ1v) is 10.9. The average Bonchev–Trinajstić information content (AvgIpc) is 2.72. The molecular weight excluding hydrogens is 336 g/mol. The number of aromatic nitrogens is 2. The maximum Gasteiger partial charge on any atom is 0.128 e. The van der Waals surface area contributed by atoms with Gasteiger partial charge in [-0.25, -0.2) is 9.97 Å². The second kappa shape index (κ2) is 9.94. The van der Waals surface area contributed by atoms with Crippen LogP contribution in [0.2, 0.25) is 0 Å². The van der Waals surface area contributed by atoms with Crippen LogP contribution in [0.25, 0.3) is 0 Å². The third-order valence-corrected chi connectivity index (χ3v) is 6.48. The molecule has 0 spiro atoms. The van der Waals surface area contributed by atoms with E-state index in [1.165, 1.54) is 44.5 Å². The van der Waals surface area contributed by atoms with Crippen LogP contribution >= 0.6 is 0 Å². The van der Waals surface area contributed by atoms with Gasteiger partial charge >= 0.3 is 0 Å². The molecule has 0 aliphatic carbocycles. The van der Waals surface area contributed by atoms with Gasteiger partial charge in [0.1, 0.15) is 5.82 Å². The lowest BCUT2D eigenvalue weighted by Crippen LogP contribution is -2.44. The van der Waals surface area contributed by atoms with E-state index in [0.717, 1.165) is 31.8 Å². The molecule has 5 heteroatoms. The van der Waals surface area contributed by atoms with Crippen LogP contribution in [-0.2, 0) is 11.2 Å². The Kier molecular flexibility index (Phi) is 7.62. The van der Waals surface area contributed by atoms with Crippen molar-refractivity contribution in [3.05, 3.63) is 23.8 Å². The Balaban J connectivity index is 1.54. The van der Waals surface area contributed by atoms with Gasteiger partial charge in [-0.3, -0.25) is 4.90 Å². The van der Waals surface area contributed by atoms with E-state index in [2.05, 4.69) is 41.6 Å². The van der Waals surface area contributed by atoms with Crippen molar-refractivity contribution in [3.8, 4) is 0 Å². The molecular formula is C22H38N4O. The van der Waals surface area contributed by atoms with E-state index in [-0.39, 0.29) is 0 Å². The molecule has 3 heterocycles. The van der Waals surface area contributed by atoms with Crippen molar-refractivity contribution < 1.29 is 4.74 Å². The predicted octanol–water partition coefficient (Wildman–Crippen LogP) is 3.50. The molecule has 27 heavy (non-hydrogen) atoms. The van der Waals surface area contributed by atoms with Crippen LogP contribution in [0.5, 0.6) is 0 Å². The first-order valence-electron chi connectivity index (χ1n) is 10.9. The van der Waals surface area contributed by atoms with Crippen LogP contribution in [0, 0.1) is 0 Å². The number of ether oxygens (including phenoxy) is 1. The van der Waals surface area contributed by atoms with Crippen molar-refractivity contribution in [3.63, 3.8) is 0 Å². The zero-order valence-corrected chi connectivity index (χ0v) is 17.7. The Labute approximate surface area is 165 Å². The van der Waals surface area contributed by atoms with E-state index in [9.17, 15) is 0 Å². The molecule has 1 aromatic rings. The fourth-order valence-corrected chi connectivity index (χ4v) is 4.56. The van der Waals surface area contributed by atoms with Crippen molar-refractivity contribution in [2.75, 3.05) is 33.3 Å². The Bertz CT molecular complexity index is 579. The standard InChI is InChI=1S/C22H38N4O/c1-17(2)25-13-5-7-19(15-25)21-11-12-23-22(24-21)10-9-18(3)26-14-6-8-20(16-26)27-4/h11-12,17-20H,5-10,13-16H2,1-4H3. The molecule has 0 saturated carbocycles. The summed E-state index contributed by atoms with van der Waals surface area (Å²) < 4.78 is 5.57. The summed E-state index contributed by atoms with van der Waals surface area (Å²) in [7, 11) is 1.84. The van der Waals surface area contributed by atoms with Crippen molar-refractivity contribution in [2.24, 2.45) is 0 Å². The lowest BCUT2D eigenvalue weighted by molar-refractivity contribution is 0.0161. The molecule has 2 fully saturated rings. The summed E-state index contributed by atoms with van der Waals surface area (Å²) in [6, 6.07) is 3.31. The van der Waals surface area contributed by atoms with E-state index >= 15 is 0 Å². The van der Waals surface area contributed by atoms with E-state index in [1.54, 1.807) is 0 Å². The molecule has 0 bridgehead atoms. The second-order valence-corrected chi connectivity index (χ2v) is 8.71. The summed E-state index contributed by atoms with van der Waals surface area (Å²) >= 11 is 0. The molecule has 0 amide bonds. The number of piperidine rings is 2. The number of aryl methyl sites for hydroxylation is 1. The highest BCUT2D eigenvalue weighted by molar-refractivity contribution is 5.10. The van der Waals surface area contributed by atoms with Crippen LogP contribution in [0.15, 0.2) is 12.3 Å². The molecule has 2 saturated heterocycles. The number of likely N-dealkylation sites (tertiary alicyclic amines) is 2. The molecule has 3 atom stereocenters. The second-order valence-electron chi connectivity index (χ2n) is 8.71. The summed E-state index contributed by atoms with van der Waals surface area (Å²) in [5.41, 5.74) is 1.25. The Hall–Kier alpha value is -1.04. The first kappa shape index (κ1) is 20.7. The zero-order chi connectivity index (χ0) is 19.2. The number of hydrogen-bond acceptors (Lipinski definition) is 5. The molecule has 2 aliphatic rings. The number of rotatable bonds is 7. The zero-order valence-electron chi connectivity index (χ0n) is 17.7. The van der Waals surface area contributed by atoms with E-state index < -0.39 is 0 Å². The van der Waals surface area contributed by atoms with Crippen LogP contribution < -0.4 is 0 Å². The van der Waals surface area contributed by atoms with Crippen molar-refractivity contribution in [1.82, 2.24) is 19.8 Å². The number of hydrogen-bond donors (Lipinski definition) is 0. The largest absolute Gasteiger partial charge is 0.380 e. The highest BCUT2D eigenvalue weighted by Crippen LogP contribution is 2.26. The molecule has 1 aromatic heterocycles. The lowest BCUT2D eigenvalue weighted by atomic mass is 9.93. The van der Waals surface area contributed by atoms with Crippen LogP contribution in [0.1, 0.15) is 70.3 Å². The van der Waals surface area contributed by atoms with Gasteiger partial charge in [-0.15, -0.1) is 0 Å². The lowest BCUT2D eigenvalue weighted by Gasteiger charge is -2.36.